The van der Waals surface area contributed by atoms with Crippen molar-refractivity contribution in [2.45, 2.75) is 20.8 Å². The van der Waals surface area contributed by atoms with E-state index in [1.165, 1.54) is 22.3 Å². The van der Waals surface area contributed by atoms with Gasteiger partial charge in [-0.25, -0.2) is 9.97 Å². The molecule has 0 aliphatic carbocycles. The van der Waals surface area contributed by atoms with Gasteiger partial charge in [-0.3, -0.25) is 0 Å². The first-order valence-electron chi connectivity index (χ1n) is 7.35. The molecule has 2 aromatic heterocycles. The summed E-state index contributed by atoms with van der Waals surface area (Å²) >= 11 is 9.85. The predicted molar refractivity (Wildman–Crippen MR) is 111 cm³/mol. The number of nitrogens with zero attached hydrogens (tertiary/aromatic N) is 2. The van der Waals surface area contributed by atoms with Crippen LogP contribution in [0.25, 0.3) is 11.3 Å². The van der Waals surface area contributed by atoms with Gasteiger partial charge in [0.05, 0.1) is 5.69 Å². The van der Waals surface area contributed by atoms with Gasteiger partial charge in [-0.1, -0.05) is 29.8 Å². The standard InChI is InChI=1S/C14H14BrN.C5H3Br2N/c1-9-7-10(2)14(11(3)8-9)12-5-4-6-13(15)16-12;6-4-2-1-3-5(7)8-4/h4-8H,1-3H3;1-3H. The highest BCUT2D eigenvalue weighted by Crippen LogP contribution is 2.27. The Labute approximate surface area is 168 Å². The van der Waals surface area contributed by atoms with Crippen molar-refractivity contribution in [3.8, 4) is 11.3 Å². The molecule has 3 aromatic rings. The lowest BCUT2D eigenvalue weighted by atomic mass is 9.97. The van der Waals surface area contributed by atoms with Gasteiger partial charge in [-0.05, 0) is 104 Å². The molecule has 0 spiro atoms. The zero-order valence-electron chi connectivity index (χ0n) is 13.6. The highest BCUT2D eigenvalue weighted by atomic mass is 79.9. The van der Waals surface area contributed by atoms with E-state index in [0.717, 1.165) is 19.5 Å². The molecule has 0 bridgehead atoms. The maximum atomic E-state index is 4.51. The van der Waals surface area contributed by atoms with Gasteiger partial charge in [-0.15, -0.1) is 0 Å². The van der Waals surface area contributed by atoms with Gasteiger partial charge in [0.1, 0.15) is 13.8 Å². The van der Waals surface area contributed by atoms with Gasteiger partial charge in [0, 0.05) is 5.56 Å². The lowest BCUT2D eigenvalue weighted by molar-refractivity contribution is 1.23. The molecule has 0 unspecified atom stereocenters. The second-order valence-corrected chi connectivity index (χ2v) is 7.84. The number of benzene rings is 1. The van der Waals surface area contributed by atoms with Crippen LogP contribution in [0.5, 0.6) is 0 Å². The summed E-state index contributed by atoms with van der Waals surface area (Å²) in [4.78, 5) is 8.52. The molecule has 0 saturated carbocycles. The maximum Gasteiger partial charge on any atom is 0.107 e. The topological polar surface area (TPSA) is 25.8 Å². The third-order valence-electron chi connectivity index (χ3n) is 3.33. The fourth-order valence-corrected chi connectivity index (χ4v) is 3.78. The molecule has 0 amide bonds. The minimum absolute atomic E-state index is 0.854. The van der Waals surface area contributed by atoms with Crippen LogP contribution >= 0.6 is 47.8 Å². The molecule has 3 rings (SSSR count). The average molecular weight is 513 g/mol. The molecule has 1 aromatic carbocycles. The lowest BCUT2D eigenvalue weighted by Crippen LogP contribution is -1.92. The Morgan fingerprint density at radius 2 is 1.12 bits per heavy atom. The van der Waals surface area contributed by atoms with E-state index in [1.807, 2.05) is 30.3 Å². The summed E-state index contributed by atoms with van der Waals surface area (Å²) in [6, 6.07) is 16.1. The lowest BCUT2D eigenvalue weighted by Gasteiger charge is -2.10. The van der Waals surface area contributed by atoms with Crippen molar-refractivity contribution in [3.63, 3.8) is 0 Å². The van der Waals surface area contributed by atoms with Crippen molar-refractivity contribution in [1.29, 1.82) is 0 Å². The van der Waals surface area contributed by atoms with E-state index in [-0.39, 0.29) is 0 Å². The van der Waals surface area contributed by atoms with E-state index in [1.54, 1.807) is 0 Å². The Balaban J connectivity index is 0.000000219. The fourth-order valence-electron chi connectivity index (χ4n) is 2.52. The van der Waals surface area contributed by atoms with E-state index >= 15 is 0 Å². The molecule has 124 valence electrons. The van der Waals surface area contributed by atoms with Crippen LogP contribution in [-0.2, 0) is 0 Å². The first kappa shape index (κ1) is 19.3. The van der Waals surface area contributed by atoms with Gasteiger partial charge < -0.3 is 0 Å². The summed E-state index contributed by atoms with van der Waals surface area (Å²) in [5, 5.41) is 0. The molecule has 0 saturated heterocycles. The molecule has 0 aliphatic rings. The molecule has 2 heterocycles. The van der Waals surface area contributed by atoms with Crippen LogP contribution in [0.1, 0.15) is 16.7 Å². The van der Waals surface area contributed by atoms with Crippen molar-refractivity contribution in [3.05, 3.63) is 79.0 Å². The third-order valence-corrected chi connectivity index (χ3v) is 4.65. The Hall–Kier alpha value is -1.04. The average Bonchev–Trinajstić information content (AvgIpc) is 2.46. The van der Waals surface area contributed by atoms with Crippen molar-refractivity contribution in [1.82, 2.24) is 9.97 Å². The fraction of sp³-hybridized carbons (Fsp3) is 0.158. The molecule has 0 aliphatic heterocycles. The summed E-state index contributed by atoms with van der Waals surface area (Å²) in [6.45, 7) is 6.40. The zero-order chi connectivity index (χ0) is 17.7. The van der Waals surface area contributed by atoms with Crippen molar-refractivity contribution < 1.29 is 0 Å². The van der Waals surface area contributed by atoms with Crippen LogP contribution in [0.15, 0.2) is 62.3 Å². The van der Waals surface area contributed by atoms with Gasteiger partial charge in [0.15, 0.2) is 0 Å². The smallest absolute Gasteiger partial charge is 0.107 e. The van der Waals surface area contributed by atoms with Crippen LogP contribution in [0.4, 0.5) is 0 Å². The number of pyridine rings is 2. The molecule has 2 nitrogen and oxygen atoms in total. The van der Waals surface area contributed by atoms with Gasteiger partial charge in [0.2, 0.25) is 0 Å². The van der Waals surface area contributed by atoms with Crippen LogP contribution in [0.2, 0.25) is 0 Å². The Bertz CT molecular complexity index is 807. The molecule has 0 radical (unpaired) electrons. The van der Waals surface area contributed by atoms with Gasteiger partial charge >= 0.3 is 0 Å². The number of aromatic nitrogens is 2. The highest BCUT2D eigenvalue weighted by molar-refractivity contribution is 9.11. The van der Waals surface area contributed by atoms with Crippen LogP contribution in [0.3, 0.4) is 0 Å². The van der Waals surface area contributed by atoms with Crippen LogP contribution in [-0.4, -0.2) is 9.97 Å². The normalized spacial score (nSPS) is 10.1. The minimum atomic E-state index is 0.854. The predicted octanol–water partition coefficient (Wildman–Crippen LogP) is 7.04. The van der Waals surface area contributed by atoms with E-state index < -0.39 is 0 Å². The van der Waals surface area contributed by atoms with E-state index in [2.05, 4.69) is 96.7 Å². The summed E-state index contributed by atoms with van der Waals surface area (Å²) in [7, 11) is 0. The third kappa shape index (κ3) is 5.50. The molecule has 0 atom stereocenters. The van der Waals surface area contributed by atoms with Gasteiger partial charge in [-0.2, -0.15) is 0 Å². The van der Waals surface area contributed by atoms with Crippen molar-refractivity contribution in [2.75, 3.05) is 0 Å². The summed E-state index contributed by atoms with van der Waals surface area (Å²) in [5.74, 6) is 0. The van der Waals surface area contributed by atoms with E-state index in [9.17, 15) is 0 Å². The zero-order valence-corrected chi connectivity index (χ0v) is 18.4. The summed E-state index contributed by atoms with van der Waals surface area (Å²) in [6.07, 6.45) is 0. The number of hydrogen-bond acceptors (Lipinski definition) is 2. The SMILES string of the molecule is Brc1cccc(Br)n1.Cc1cc(C)c(-c2cccc(Br)n2)c(C)c1. The summed E-state index contributed by atoms with van der Waals surface area (Å²) < 4.78 is 2.59. The summed E-state index contributed by atoms with van der Waals surface area (Å²) in [5.41, 5.74) is 6.14. The van der Waals surface area contributed by atoms with Crippen molar-refractivity contribution >= 4 is 47.8 Å². The number of aryl methyl sites for hydroxylation is 3. The molecule has 0 fully saturated rings. The van der Waals surface area contributed by atoms with Crippen molar-refractivity contribution in [2.24, 2.45) is 0 Å². The Morgan fingerprint density at radius 3 is 1.54 bits per heavy atom. The Kier molecular flexibility index (Phi) is 7.14. The monoisotopic (exact) mass is 510 g/mol. The first-order valence-corrected chi connectivity index (χ1v) is 9.73. The highest BCUT2D eigenvalue weighted by Gasteiger charge is 2.07. The molecule has 24 heavy (non-hydrogen) atoms. The maximum absolute atomic E-state index is 4.51. The second kappa shape index (κ2) is 8.88. The number of rotatable bonds is 1. The quantitative estimate of drug-likeness (QED) is 0.327. The van der Waals surface area contributed by atoms with Crippen LogP contribution in [0, 0.1) is 20.8 Å². The van der Waals surface area contributed by atoms with E-state index in [0.29, 0.717) is 0 Å². The Morgan fingerprint density at radius 1 is 0.667 bits per heavy atom. The largest absolute Gasteiger partial charge is 0.241 e. The number of hydrogen-bond donors (Lipinski definition) is 0. The molecule has 5 heteroatoms. The second-order valence-electron chi connectivity index (χ2n) is 5.40. The molecule has 0 N–H and O–H groups in total. The van der Waals surface area contributed by atoms with Crippen LogP contribution < -0.4 is 0 Å². The van der Waals surface area contributed by atoms with Gasteiger partial charge in [0.25, 0.3) is 0 Å². The minimum Gasteiger partial charge on any atom is -0.241 e. The molecular formula is C19H17Br3N2. The molecular weight excluding hydrogens is 496 g/mol. The number of halogens is 3. The van der Waals surface area contributed by atoms with E-state index in [4.69, 9.17) is 0 Å². The first-order chi connectivity index (χ1) is 11.4.